The lowest BCUT2D eigenvalue weighted by molar-refractivity contribution is -0.909. The Bertz CT molecular complexity index is 465. The summed E-state index contributed by atoms with van der Waals surface area (Å²) in [4.78, 5) is 27.5. The summed E-state index contributed by atoms with van der Waals surface area (Å²) in [5, 5.41) is 0. The fourth-order valence-corrected chi connectivity index (χ4v) is 5.62. The summed E-state index contributed by atoms with van der Waals surface area (Å²) in [5.74, 6) is 0. The third-order valence-electron chi connectivity index (χ3n) is 7.42. The summed E-state index contributed by atoms with van der Waals surface area (Å²) in [7, 11) is 5.24. The normalized spacial score (nSPS) is 12.3. The van der Waals surface area contributed by atoms with Crippen molar-refractivity contribution >= 4 is 8.80 Å². The number of rotatable bonds is 25. The quantitative estimate of drug-likeness (QED) is 0.0823. The molecular weight excluding hydrogens is 511 g/mol. The Morgan fingerprint density at radius 2 is 0.694 bits per heavy atom. The zero-order valence-corrected chi connectivity index (χ0v) is 27.3. The van der Waals surface area contributed by atoms with Crippen LogP contribution in [0.15, 0.2) is 0 Å². The summed E-state index contributed by atoms with van der Waals surface area (Å²) in [5.41, 5.74) is 0. The molecule has 8 heteroatoms. The maximum Gasteiger partial charge on any atom is 0.492 e. The van der Waals surface area contributed by atoms with Crippen molar-refractivity contribution in [2.45, 2.75) is 129 Å². The van der Waals surface area contributed by atoms with E-state index in [2.05, 4.69) is 35.1 Å². The lowest BCUT2D eigenvalue weighted by atomic mass is 10.0. The van der Waals surface area contributed by atoms with Gasteiger partial charge in [-0.3, -0.25) is 0 Å². The minimum Gasteiger partial charge on any atom is -1.00 e. The average molecular weight is 576 g/mol. The number of unbranched alkanes of at least 4 members (excludes halogenated alkanes) is 15. The van der Waals surface area contributed by atoms with Gasteiger partial charge in [0.05, 0.1) is 54.4 Å². The molecule has 0 aliphatic carbocycles. The highest BCUT2D eigenvalue weighted by molar-refractivity contribution is 6.56. The molecular formula is C28H64Cl2N2O3Si. The van der Waals surface area contributed by atoms with Crippen molar-refractivity contribution < 1.29 is 48.2 Å². The van der Waals surface area contributed by atoms with Gasteiger partial charge in [-0.15, -0.1) is 0 Å². The second-order valence-electron chi connectivity index (χ2n) is 12.3. The standard InChI is InChI=1S/C28H64N2O3Si.2ClH/c1-6-7-8-9-10-11-12-13-14-15-16-17-18-19-20-21-24-29(2,3)25-22-26-30(4,5)27-23-28-34(31,32)33;;/h31-33H,6-28H2,1-5H3;2*1H/q+2;;/p-2. The van der Waals surface area contributed by atoms with Gasteiger partial charge >= 0.3 is 8.80 Å². The van der Waals surface area contributed by atoms with Crippen molar-refractivity contribution in [3.63, 3.8) is 0 Å². The first-order valence-electron chi connectivity index (χ1n) is 14.8. The Morgan fingerprint density at radius 1 is 0.417 bits per heavy atom. The molecule has 0 fully saturated rings. The van der Waals surface area contributed by atoms with Crippen molar-refractivity contribution in [2.24, 2.45) is 0 Å². The number of hydrogen-bond donors (Lipinski definition) is 3. The Morgan fingerprint density at radius 3 is 1.03 bits per heavy atom. The van der Waals surface area contributed by atoms with Crippen LogP contribution >= 0.6 is 0 Å². The second kappa shape index (κ2) is 24.6. The first-order valence-corrected chi connectivity index (χ1v) is 16.8. The molecule has 0 radical (unpaired) electrons. The van der Waals surface area contributed by atoms with Gasteiger partial charge < -0.3 is 48.2 Å². The van der Waals surface area contributed by atoms with Gasteiger partial charge in [0.1, 0.15) is 0 Å². The largest absolute Gasteiger partial charge is 1.00 e. The smallest absolute Gasteiger partial charge is 0.492 e. The highest BCUT2D eigenvalue weighted by atomic mass is 35.5. The number of quaternary nitrogens is 2. The molecule has 0 atom stereocenters. The highest BCUT2D eigenvalue weighted by Gasteiger charge is 2.28. The molecule has 222 valence electrons. The number of hydrogen-bond acceptors (Lipinski definition) is 3. The highest BCUT2D eigenvalue weighted by Crippen LogP contribution is 2.15. The first kappa shape index (κ1) is 41.1. The van der Waals surface area contributed by atoms with Crippen LogP contribution in [0.25, 0.3) is 0 Å². The van der Waals surface area contributed by atoms with Crippen LogP contribution in [0, 0.1) is 0 Å². The molecule has 0 saturated carbocycles. The predicted octanol–water partition coefficient (Wildman–Crippen LogP) is 0.105. The predicted molar refractivity (Wildman–Crippen MR) is 150 cm³/mol. The van der Waals surface area contributed by atoms with E-state index in [9.17, 15) is 14.4 Å². The summed E-state index contributed by atoms with van der Waals surface area (Å²) in [6.45, 7) is 6.72. The van der Waals surface area contributed by atoms with E-state index in [1.807, 2.05) is 0 Å². The summed E-state index contributed by atoms with van der Waals surface area (Å²) in [6, 6.07) is 0.148. The van der Waals surface area contributed by atoms with E-state index in [1.165, 1.54) is 122 Å². The third-order valence-corrected chi connectivity index (χ3v) is 8.44. The Balaban J connectivity index is -0.00000544. The molecule has 0 aromatic rings. The van der Waals surface area contributed by atoms with E-state index < -0.39 is 8.80 Å². The molecule has 36 heavy (non-hydrogen) atoms. The Hall–Kier alpha value is 0.597. The lowest BCUT2D eigenvalue weighted by Crippen LogP contribution is -3.00. The minimum absolute atomic E-state index is 0. The van der Waals surface area contributed by atoms with E-state index in [0.29, 0.717) is 6.42 Å². The van der Waals surface area contributed by atoms with Crippen LogP contribution in [0.4, 0.5) is 0 Å². The molecule has 0 aromatic carbocycles. The van der Waals surface area contributed by atoms with Crippen LogP contribution in [-0.2, 0) is 0 Å². The molecule has 0 heterocycles. The fourth-order valence-electron chi connectivity index (χ4n) is 4.98. The lowest BCUT2D eigenvalue weighted by Gasteiger charge is -2.34. The maximum atomic E-state index is 9.17. The zero-order chi connectivity index (χ0) is 25.8. The van der Waals surface area contributed by atoms with E-state index in [4.69, 9.17) is 0 Å². The van der Waals surface area contributed by atoms with Gasteiger partial charge in [-0.25, -0.2) is 0 Å². The minimum atomic E-state index is -3.87. The van der Waals surface area contributed by atoms with Gasteiger partial charge in [0.15, 0.2) is 0 Å². The monoisotopic (exact) mass is 574 g/mol. The van der Waals surface area contributed by atoms with Gasteiger partial charge in [0.2, 0.25) is 0 Å². The van der Waals surface area contributed by atoms with Gasteiger partial charge in [-0.1, -0.05) is 96.8 Å². The zero-order valence-electron chi connectivity index (χ0n) is 24.8. The molecule has 0 aliphatic heterocycles. The fraction of sp³-hybridized carbons (Fsp3) is 1.00. The molecule has 0 unspecified atom stereocenters. The molecule has 0 aliphatic rings. The van der Waals surface area contributed by atoms with Crippen LogP contribution < -0.4 is 24.8 Å². The van der Waals surface area contributed by atoms with Gasteiger partial charge in [-0.05, 0) is 12.8 Å². The second-order valence-corrected chi connectivity index (χ2v) is 14.3. The van der Waals surface area contributed by atoms with Crippen molar-refractivity contribution in [1.82, 2.24) is 0 Å². The van der Waals surface area contributed by atoms with Crippen molar-refractivity contribution in [3.8, 4) is 0 Å². The van der Waals surface area contributed by atoms with Gasteiger partial charge in [0.25, 0.3) is 0 Å². The molecule has 0 aromatic heterocycles. The van der Waals surface area contributed by atoms with Crippen molar-refractivity contribution in [1.29, 1.82) is 0 Å². The summed E-state index contributed by atoms with van der Waals surface area (Å²) in [6.07, 6.45) is 24.6. The Kier molecular flexibility index (Phi) is 28.1. The molecule has 0 rings (SSSR count). The average Bonchev–Trinajstić information content (AvgIpc) is 2.72. The van der Waals surface area contributed by atoms with E-state index in [1.54, 1.807) is 0 Å². The SMILES string of the molecule is CCCCCCCCCCCCCCCCCC[N+](C)(C)CCC[N+](C)(C)CCC[Si](O)(O)O.[Cl-].[Cl-]. The van der Waals surface area contributed by atoms with Crippen molar-refractivity contribution in [3.05, 3.63) is 0 Å². The molecule has 3 N–H and O–H groups in total. The van der Waals surface area contributed by atoms with Gasteiger partial charge in [-0.2, -0.15) is 0 Å². The summed E-state index contributed by atoms with van der Waals surface area (Å²) < 4.78 is 1.97. The molecule has 0 spiro atoms. The molecule has 0 bridgehead atoms. The van der Waals surface area contributed by atoms with Crippen LogP contribution in [0.2, 0.25) is 6.04 Å². The van der Waals surface area contributed by atoms with E-state index in [0.717, 1.165) is 22.1 Å². The Labute approximate surface area is 239 Å². The van der Waals surface area contributed by atoms with Crippen LogP contribution in [0.1, 0.15) is 122 Å². The maximum absolute atomic E-state index is 9.17. The van der Waals surface area contributed by atoms with Crippen molar-refractivity contribution in [2.75, 3.05) is 54.4 Å². The number of halogens is 2. The van der Waals surface area contributed by atoms with Crippen LogP contribution in [0.3, 0.4) is 0 Å². The first-order chi connectivity index (χ1) is 16.0. The third kappa shape index (κ3) is 30.8. The van der Waals surface area contributed by atoms with Crippen LogP contribution in [0.5, 0.6) is 0 Å². The molecule has 0 amide bonds. The van der Waals surface area contributed by atoms with E-state index in [-0.39, 0.29) is 30.9 Å². The molecule has 5 nitrogen and oxygen atoms in total. The topological polar surface area (TPSA) is 60.7 Å². The molecule has 0 saturated heterocycles. The number of nitrogens with zero attached hydrogens (tertiary/aromatic N) is 2. The summed E-state index contributed by atoms with van der Waals surface area (Å²) >= 11 is 0. The van der Waals surface area contributed by atoms with Crippen LogP contribution in [-0.4, -0.2) is 86.5 Å². The van der Waals surface area contributed by atoms with E-state index >= 15 is 0 Å². The van der Waals surface area contributed by atoms with Gasteiger partial charge in [0, 0.05) is 18.9 Å².